The van der Waals surface area contributed by atoms with Gasteiger partial charge >= 0.3 is 5.97 Å². The molecule has 0 saturated heterocycles. The van der Waals surface area contributed by atoms with Crippen molar-refractivity contribution < 1.29 is 9.90 Å². The molecule has 0 radical (unpaired) electrons. The maximum absolute atomic E-state index is 11.0. The van der Waals surface area contributed by atoms with Gasteiger partial charge < -0.3 is 5.11 Å². The molecule has 1 atom stereocenters. The third kappa shape index (κ3) is 3.32. The number of aromatic nitrogens is 2. The van der Waals surface area contributed by atoms with E-state index >= 15 is 0 Å². The maximum Gasteiger partial charge on any atom is 0.306 e. The molecular weight excluding hydrogens is 264 g/mol. The Labute approximate surface area is 125 Å². The van der Waals surface area contributed by atoms with Crippen LogP contribution in [0.5, 0.6) is 0 Å². The molecule has 1 heterocycles. The fraction of sp³-hybridized carbons (Fsp3) is 0.412. The van der Waals surface area contributed by atoms with Crippen LogP contribution < -0.4 is 0 Å². The Morgan fingerprint density at radius 3 is 2.57 bits per heavy atom. The highest BCUT2D eigenvalue weighted by molar-refractivity contribution is 5.70. The van der Waals surface area contributed by atoms with Gasteiger partial charge in [0.1, 0.15) is 0 Å². The second kappa shape index (κ2) is 6.12. The summed E-state index contributed by atoms with van der Waals surface area (Å²) in [5.74, 6) is -1.15. The van der Waals surface area contributed by atoms with Crippen LogP contribution in [0.1, 0.15) is 35.0 Å². The van der Waals surface area contributed by atoms with Crippen molar-refractivity contribution in [1.29, 1.82) is 0 Å². The second-order valence-electron chi connectivity index (χ2n) is 5.68. The lowest BCUT2D eigenvalue weighted by atomic mass is 10.00. The van der Waals surface area contributed by atoms with E-state index in [9.17, 15) is 4.79 Å². The molecular formula is C17H22N2O2. The Hall–Kier alpha value is -2.10. The van der Waals surface area contributed by atoms with Crippen LogP contribution in [0.25, 0.3) is 0 Å². The van der Waals surface area contributed by atoms with Crippen LogP contribution in [0.15, 0.2) is 24.3 Å². The van der Waals surface area contributed by atoms with Gasteiger partial charge in [0.05, 0.1) is 18.2 Å². The molecule has 112 valence electrons. The number of hydrogen-bond donors (Lipinski definition) is 1. The third-order valence-corrected chi connectivity index (χ3v) is 4.04. The average Bonchev–Trinajstić information content (AvgIpc) is 2.69. The first kappa shape index (κ1) is 15.3. The standard InChI is InChI=1S/C17H22N2O2/c1-11-7-5-6-8-15(11)10-19-14(4)16(13(3)18-19)9-12(2)17(20)21/h5-8,12H,9-10H2,1-4H3,(H,20,21). The first-order valence-corrected chi connectivity index (χ1v) is 7.20. The van der Waals surface area contributed by atoms with Gasteiger partial charge in [-0.15, -0.1) is 0 Å². The van der Waals surface area contributed by atoms with Crippen molar-refractivity contribution in [1.82, 2.24) is 9.78 Å². The molecule has 2 rings (SSSR count). The van der Waals surface area contributed by atoms with E-state index in [1.54, 1.807) is 6.92 Å². The van der Waals surface area contributed by atoms with E-state index in [1.807, 2.05) is 30.7 Å². The molecule has 1 unspecified atom stereocenters. The van der Waals surface area contributed by atoms with E-state index in [-0.39, 0.29) is 0 Å². The number of carbonyl (C=O) groups is 1. The van der Waals surface area contributed by atoms with Crippen LogP contribution in [0.3, 0.4) is 0 Å². The second-order valence-corrected chi connectivity index (χ2v) is 5.68. The lowest BCUT2D eigenvalue weighted by molar-refractivity contribution is -0.141. The van der Waals surface area contributed by atoms with Crippen molar-refractivity contribution in [3.63, 3.8) is 0 Å². The summed E-state index contributed by atoms with van der Waals surface area (Å²) in [6.45, 7) is 8.52. The van der Waals surface area contributed by atoms with Crippen LogP contribution in [0.4, 0.5) is 0 Å². The van der Waals surface area contributed by atoms with E-state index in [0.29, 0.717) is 6.42 Å². The number of hydrogen-bond acceptors (Lipinski definition) is 2. The third-order valence-electron chi connectivity index (χ3n) is 4.04. The minimum absolute atomic E-state index is 0.390. The number of benzene rings is 1. The smallest absolute Gasteiger partial charge is 0.306 e. The lowest BCUT2D eigenvalue weighted by Gasteiger charge is -2.09. The normalized spacial score (nSPS) is 12.4. The molecule has 4 heteroatoms. The Morgan fingerprint density at radius 2 is 1.95 bits per heavy atom. The van der Waals surface area contributed by atoms with Crippen molar-refractivity contribution >= 4 is 5.97 Å². The quantitative estimate of drug-likeness (QED) is 0.918. The minimum atomic E-state index is -0.763. The fourth-order valence-corrected chi connectivity index (χ4v) is 2.53. The summed E-state index contributed by atoms with van der Waals surface area (Å²) in [6, 6.07) is 8.25. The topological polar surface area (TPSA) is 55.1 Å². The first-order valence-electron chi connectivity index (χ1n) is 7.20. The van der Waals surface area contributed by atoms with Crippen LogP contribution in [-0.4, -0.2) is 20.9 Å². The minimum Gasteiger partial charge on any atom is -0.481 e. The molecule has 0 fully saturated rings. The molecule has 1 aromatic carbocycles. The molecule has 0 spiro atoms. The summed E-state index contributed by atoms with van der Waals surface area (Å²) in [7, 11) is 0. The van der Waals surface area contributed by atoms with Crippen LogP contribution >= 0.6 is 0 Å². The Morgan fingerprint density at radius 1 is 1.29 bits per heavy atom. The number of aryl methyl sites for hydroxylation is 2. The molecule has 0 aliphatic heterocycles. The van der Waals surface area contributed by atoms with E-state index < -0.39 is 11.9 Å². The average molecular weight is 286 g/mol. The van der Waals surface area contributed by atoms with Crippen molar-refractivity contribution in [3.05, 3.63) is 52.3 Å². The molecule has 2 aromatic rings. The van der Waals surface area contributed by atoms with Crippen molar-refractivity contribution in [3.8, 4) is 0 Å². The first-order chi connectivity index (χ1) is 9.90. The highest BCUT2D eigenvalue weighted by Crippen LogP contribution is 2.19. The predicted octanol–water partition coefficient (Wildman–Crippen LogP) is 3.12. The highest BCUT2D eigenvalue weighted by atomic mass is 16.4. The van der Waals surface area contributed by atoms with E-state index in [0.717, 1.165) is 23.5 Å². The molecule has 4 nitrogen and oxygen atoms in total. The Kier molecular flexibility index (Phi) is 4.46. The summed E-state index contributed by atoms with van der Waals surface area (Å²) in [4.78, 5) is 11.0. The molecule has 1 N–H and O–H groups in total. The predicted molar refractivity (Wildman–Crippen MR) is 82.5 cm³/mol. The number of carboxylic acids is 1. The summed E-state index contributed by atoms with van der Waals surface area (Å²) < 4.78 is 1.97. The highest BCUT2D eigenvalue weighted by Gasteiger charge is 2.18. The summed E-state index contributed by atoms with van der Waals surface area (Å²) in [5.41, 5.74) is 5.52. The van der Waals surface area contributed by atoms with Gasteiger partial charge in [-0.2, -0.15) is 5.10 Å². The van der Waals surface area contributed by atoms with Crippen LogP contribution in [0.2, 0.25) is 0 Å². The van der Waals surface area contributed by atoms with E-state index in [2.05, 4.69) is 24.2 Å². The van der Waals surface area contributed by atoms with E-state index in [4.69, 9.17) is 5.11 Å². The van der Waals surface area contributed by atoms with Gasteiger partial charge in [-0.25, -0.2) is 0 Å². The van der Waals surface area contributed by atoms with Crippen LogP contribution in [0, 0.1) is 26.7 Å². The monoisotopic (exact) mass is 286 g/mol. The summed E-state index contributed by atoms with van der Waals surface area (Å²) >= 11 is 0. The summed E-state index contributed by atoms with van der Waals surface area (Å²) in [6.07, 6.45) is 0.529. The molecule has 1 aromatic heterocycles. The van der Waals surface area contributed by atoms with Crippen molar-refractivity contribution in [2.45, 2.75) is 40.7 Å². The van der Waals surface area contributed by atoms with Gasteiger partial charge in [0.25, 0.3) is 0 Å². The molecule has 0 aliphatic carbocycles. The van der Waals surface area contributed by atoms with Crippen molar-refractivity contribution in [2.24, 2.45) is 5.92 Å². The Balaban J connectivity index is 2.27. The molecule has 21 heavy (non-hydrogen) atoms. The molecule has 0 saturated carbocycles. The number of nitrogens with zero attached hydrogens (tertiary/aromatic N) is 2. The van der Waals surface area contributed by atoms with Gasteiger partial charge in [-0.05, 0) is 43.9 Å². The number of carboxylic acid groups (broad SMARTS) is 1. The molecule has 0 amide bonds. The zero-order valence-corrected chi connectivity index (χ0v) is 13.1. The zero-order valence-electron chi connectivity index (χ0n) is 13.1. The Bertz CT molecular complexity index is 659. The summed E-state index contributed by atoms with van der Waals surface area (Å²) in [5, 5.41) is 13.7. The van der Waals surface area contributed by atoms with Crippen molar-refractivity contribution in [2.75, 3.05) is 0 Å². The molecule has 0 bridgehead atoms. The molecule has 0 aliphatic rings. The lowest BCUT2D eigenvalue weighted by Crippen LogP contribution is -2.13. The van der Waals surface area contributed by atoms with E-state index in [1.165, 1.54) is 11.1 Å². The van der Waals surface area contributed by atoms with Gasteiger partial charge in [-0.1, -0.05) is 31.2 Å². The van der Waals surface area contributed by atoms with Gasteiger partial charge in [0.15, 0.2) is 0 Å². The number of rotatable bonds is 5. The fourth-order valence-electron chi connectivity index (χ4n) is 2.53. The van der Waals surface area contributed by atoms with Gasteiger partial charge in [0, 0.05) is 5.69 Å². The maximum atomic E-state index is 11.0. The zero-order chi connectivity index (χ0) is 15.6. The number of aliphatic carboxylic acids is 1. The van der Waals surface area contributed by atoms with Crippen LogP contribution in [-0.2, 0) is 17.8 Å². The van der Waals surface area contributed by atoms with Gasteiger partial charge in [0.2, 0.25) is 0 Å². The SMILES string of the molecule is Cc1ccccc1Cn1nc(C)c(CC(C)C(=O)O)c1C. The largest absolute Gasteiger partial charge is 0.481 e. The van der Waals surface area contributed by atoms with Gasteiger partial charge in [-0.3, -0.25) is 9.48 Å².